The van der Waals surface area contributed by atoms with Gasteiger partial charge >= 0.3 is 0 Å². The van der Waals surface area contributed by atoms with Gasteiger partial charge in [-0.2, -0.15) is 0 Å². The lowest BCUT2D eigenvalue weighted by Gasteiger charge is -2.19. The molecule has 0 spiro atoms. The molecule has 0 heterocycles. The van der Waals surface area contributed by atoms with E-state index >= 15 is 0 Å². The molecule has 0 amide bonds. The molecular weight excluding hydrogens is 162 g/mol. The zero-order valence-electron chi connectivity index (χ0n) is 7.10. The molecule has 11 heavy (non-hydrogen) atoms. The van der Waals surface area contributed by atoms with Gasteiger partial charge in [0.2, 0.25) is 0 Å². The van der Waals surface area contributed by atoms with Gasteiger partial charge in [0.25, 0.3) is 0 Å². The fourth-order valence-electron chi connectivity index (χ4n) is 0.753. The summed E-state index contributed by atoms with van der Waals surface area (Å²) < 4.78 is 0. The molecule has 0 radical (unpaired) electrons. The molecule has 0 rings (SSSR count). The van der Waals surface area contributed by atoms with Crippen LogP contribution in [0, 0.1) is 5.92 Å². The molecule has 0 saturated carbocycles. The predicted octanol–water partition coefficient (Wildman–Crippen LogP) is 1.35. The molecule has 2 nitrogen and oxygen atoms in total. The van der Waals surface area contributed by atoms with Crippen LogP contribution in [0.5, 0.6) is 0 Å². The Morgan fingerprint density at radius 3 is 2.45 bits per heavy atom. The van der Waals surface area contributed by atoms with Crippen LogP contribution in [0.2, 0.25) is 0 Å². The zero-order chi connectivity index (χ0) is 8.85. The van der Waals surface area contributed by atoms with Crippen molar-refractivity contribution in [2.24, 2.45) is 5.92 Å². The Hall–Kier alpha value is -0.0500. The minimum absolute atomic E-state index is 0.116. The third kappa shape index (κ3) is 5.24. The molecule has 0 aliphatic heterocycles. The van der Waals surface area contributed by atoms with E-state index in [0.29, 0.717) is 17.5 Å². The Labute approximate surface area is 73.3 Å². The van der Waals surface area contributed by atoms with Crippen LogP contribution in [-0.2, 0) is 0 Å². The lowest BCUT2D eigenvalue weighted by Crippen LogP contribution is -2.37. The lowest BCUT2D eigenvalue weighted by atomic mass is 10.1. The molecule has 0 aromatic rings. The van der Waals surface area contributed by atoms with Gasteiger partial charge in [0.1, 0.15) is 0 Å². The van der Waals surface area contributed by atoms with Crippen molar-refractivity contribution in [3.05, 3.63) is 11.6 Å². The highest BCUT2D eigenvalue weighted by Gasteiger charge is 2.10. The molecule has 0 aliphatic rings. The maximum atomic E-state index is 8.87. The molecule has 0 aromatic carbocycles. The maximum Gasteiger partial charge on any atom is 0.0587 e. The standard InChI is InChI=1S/C8H16ClNO/c1-6(2)8(5-11)10-4-7(3)9/h6,8,10-11H,3-5H2,1-2H3. The second kappa shape index (κ2) is 5.58. The van der Waals surface area contributed by atoms with Gasteiger partial charge in [0.15, 0.2) is 0 Å². The van der Waals surface area contributed by atoms with E-state index in [1.54, 1.807) is 0 Å². The average Bonchev–Trinajstić information content (AvgIpc) is 1.87. The van der Waals surface area contributed by atoms with E-state index in [1.807, 2.05) is 13.8 Å². The molecule has 1 atom stereocenters. The van der Waals surface area contributed by atoms with Crippen LogP contribution in [-0.4, -0.2) is 24.3 Å². The van der Waals surface area contributed by atoms with Gasteiger partial charge in [-0.1, -0.05) is 32.0 Å². The first kappa shape index (κ1) is 11.0. The fourth-order valence-corrected chi connectivity index (χ4v) is 0.830. The van der Waals surface area contributed by atoms with Gasteiger partial charge in [-0.25, -0.2) is 0 Å². The summed E-state index contributed by atoms with van der Waals surface area (Å²) in [5, 5.41) is 12.5. The van der Waals surface area contributed by atoms with Crippen molar-refractivity contribution >= 4 is 11.6 Å². The summed E-state index contributed by atoms with van der Waals surface area (Å²) in [5.74, 6) is 0.413. The van der Waals surface area contributed by atoms with Crippen molar-refractivity contribution < 1.29 is 5.11 Å². The predicted molar refractivity (Wildman–Crippen MR) is 48.7 cm³/mol. The number of halogens is 1. The first-order valence-corrected chi connectivity index (χ1v) is 4.13. The van der Waals surface area contributed by atoms with Gasteiger partial charge in [-0.05, 0) is 5.92 Å². The third-order valence-electron chi connectivity index (χ3n) is 1.56. The number of nitrogens with one attached hydrogen (secondary N) is 1. The summed E-state index contributed by atoms with van der Waals surface area (Å²) in [6.07, 6.45) is 0. The van der Waals surface area contributed by atoms with Crippen LogP contribution in [0.25, 0.3) is 0 Å². The van der Waals surface area contributed by atoms with Crippen molar-refractivity contribution in [1.29, 1.82) is 0 Å². The van der Waals surface area contributed by atoms with Crippen LogP contribution in [0.1, 0.15) is 13.8 Å². The van der Waals surface area contributed by atoms with E-state index in [0.717, 1.165) is 0 Å². The number of hydrogen-bond donors (Lipinski definition) is 2. The molecule has 0 aromatic heterocycles. The molecule has 0 fully saturated rings. The minimum Gasteiger partial charge on any atom is -0.395 e. The van der Waals surface area contributed by atoms with Crippen LogP contribution in [0.3, 0.4) is 0 Å². The summed E-state index contributed by atoms with van der Waals surface area (Å²) in [5.41, 5.74) is 0. The van der Waals surface area contributed by atoms with E-state index in [9.17, 15) is 0 Å². The van der Waals surface area contributed by atoms with Crippen molar-refractivity contribution in [2.75, 3.05) is 13.2 Å². The number of aliphatic hydroxyl groups excluding tert-OH is 1. The topological polar surface area (TPSA) is 32.3 Å². The maximum absolute atomic E-state index is 8.87. The minimum atomic E-state index is 0.116. The average molecular weight is 178 g/mol. The molecule has 1 unspecified atom stereocenters. The Kier molecular flexibility index (Phi) is 5.56. The zero-order valence-corrected chi connectivity index (χ0v) is 7.86. The molecule has 0 aliphatic carbocycles. The molecule has 0 saturated heterocycles. The summed E-state index contributed by atoms with van der Waals surface area (Å²) >= 11 is 5.54. The molecular formula is C8H16ClNO. The highest BCUT2D eigenvalue weighted by molar-refractivity contribution is 6.29. The van der Waals surface area contributed by atoms with E-state index in [1.165, 1.54) is 0 Å². The van der Waals surface area contributed by atoms with Gasteiger partial charge in [-0.15, -0.1) is 0 Å². The second-order valence-corrected chi connectivity index (χ2v) is 3.47. The number of hydrogen-bond acceptors (Lipinski definition) is 2. The van der Waals surface area contributed by atoms with E-state index in [2.05, 4.69) is 11.9 Å². The first-order valence-electron chi connectivity index (χ1n) is 3.75. The van der Waals surface area contributed by atoms with E-state index in [-0.39, 0.29) is 12.6 Å². The monoisotopic (exact) mass is 177 g/mol. The van der Waals surface area contributed by atoms with E-state index < -0.39 is 0 Å². The SMILES string of the molecule is C=C(Cl)CNC(CO)C(C)C. The van der Waals surface area contributed by atoms with Crippen molar-refractivity contribution in [3.63, 3.8) is 0 Å². The van der Waals surface area contributed by atoms with Crippen LogP contribution in [0.15, 0.2) is 11.6 Å². The van der Waals surface area contributed by atoms with Crippen molar-refractivity contribution in [3.8, 4) is 0 Å². The Balaban J connectivity index is 3.61. The van der Waals surface area contributed by atoms with Crippen LogP contribution < -0.4 is 5.32 Å². The summed E-state index contributed by atoms with van der Waals surface area (Å²) in [6.45, 7) is 8.34. The van der Waals surface area contributed by atoms with Gasteiger partial charge < -0.3 is 10.4 Å². The van der Waals surface area contributed by atoms with Gasteiger partial charge in [0.05, 0.1) is 6.61 Å². The first-order chi connectivity index (χ1) is 5.07. The molecule has 0 bridgehead atoms. The third-order valence-corrected chi connectivity index (χ3v) is 1.69. The van der Waals surface area contributed by atoms with Gasteiger partial charge in [0, 0.05) is 17.6 Å². The lowest BCUT2D eigenvalue weighted by molar-refractivity contribution is 0.214. The molecule has 2 N–H and O–H groups in total. The van der Waals surface area contributed by atoms with E-state index in [4.69, 9.17) is 16.7 Å². The summed E-state index contributed by atoms with van der Waals surface area (Å²) in [6, 6.07) is 0.116. The quantitative estimate of drug-likeness (QED) is 0.665. The Morgan fingerprint density at radius 2 is 2.18 bits per heavy atom. The fraction of sp³-hybridized carbons (Fsp3) is 0.750. The highest BCUT2D eigenvalue weighted by Crippen LogP contribution is 2.01. The molecule has 66 valence electrons. The van der Waals surface area contributed by atoms with Gasteiger partial charge in [-0.3, -0.25) is 0 Å². The summed E-state index contributed by atoms with van der Waals surface area (Å²) in [4.78, 5) is 0. The number of rotatable bonds is 5. The number of aliphatic hydroxyl groups is 1. The largest absolute Gasteiger partial charge is 0.395 e. The summed E-state index contributed by atoms with van der Waals surface area (Å²) in [7, 11) is 0. The Morgan fingerprint density at radius 1 is 1.64 bits per heavy atom. The van der Waals surface area contributed by atoms with Crippen molar-refractivity contribution in [2.45, 2.75) is 19.9 Å². The van der Waals surface area contributed by atoms with Crippen molar-refractivity contribution in [1.82, 2.24) is 5.32 Å². The van der Waals surface area contributed by atoms with Crippen LogP contribution >= 0.6 is 11.6 Å². The Bertz CT molecular complexity index is 125. The second-order valence-electron chi connectivity index (χ2n) is 2.93. The highest BCUT2D eigenvalue weighted by atomic mass is 35.5. The molecule has 3 heteroatoms. The normalized spacial score (nSPS) is 13.5. The van der Waals surface area contributed by atoms with Crippen LogP contribution in [0.4, 0.5) is 0 Å². The smallest absolute Gasteiger partial charge is 0.0587 e.